The number of hydrogen-bond donors (Lipinski definition) is 0. The molecule has 30 heavy (non-hydrogen) atoms. The van der Waals surface area contributed by atoms with Crippen LogP contribution in [0.5, 0.6) is 0 Å². The maximum Gasteiger partial charge on any atom is 0.261 e. The minimum atomic E-state index is -0.252. The third-order valence-corrected chi connectivity index (χ3v) is 6.20. The largest absolute Gasteiger partial charge is 0.339 e. The molecule has 0 saturated carbocycles. The van der Waals surface area contributed by atoms with Crippen LogP contribution in [0.15, 0.2) is 48.5 Å². The van der Waals surface area contributed by atoms with Gasteiger partial charge in [-0.15, -0.1) is 0 Å². The minimum Gasteiger partial charge on any atom is -0.339 e. The third-order valence-electron chi connectivity index (χ3n) is 6.20. The van der Waals surface area contributed by atoms with E-state index in [0.717, 1.165) is 32.2 Å². The first-order valence-electron chi connectivity index (χ1n) is 10.9. The molecule has 2 aromatic rings. The first-order chi connectivity index (χ1) is 14.6. The number of carbonyl (C=O) groups is 3. The van der Waals surface area contributed by atoms with Gasteiger partial charge in [-0.1, -0.05) is 43.3 Å². The first-order valence-corrected chi connectivity index (χ1v) is 10.9. The lowest BCUT2D eigenvalue weighted by Gasteiger charge is -2.35. The summed E-state index contributed by atoms with van der Waals surface area (Å²) in [5.41, 5.74) is 3.65. The van der Waals surface area contributed by atoms with Crippen molar-refractivity contribution in [3.8, 4) is 0 Å². The number of imide groups is 1. The van der Waals surface area contributed by atoms with Crippen LogP contribution in [-0.2, 0) is 17.6 Å². The van der Waals surface area contributed by atoms with Crippen LogP contribution in [0.25, 0.3) is 0 Å². The Bertz CT molecular complexity index is 933. The summed E-state index contributed by atoms with van der Waals surface area (Å²) in [6.07, 6.45) is 4.66. The number of benzene rings is 2. The highest BCUT2D eigenvalue weighted by Crippen LogP contribution is 2.26. The predicted octanol–water partition coefficient (Wildman–Crippen LogP) is 3.86. The van der Waals surface area contributed by atoms with Gasteiger partial charge in [-0.3, -0.25) is 19.3 Å². The van der Waals surface area contributed by atoms with E-state index in [1.165, 1.54) is 16.0 Å². The molecule has 0 N–H and O–H groups in total. The fourth-order valence-corrected chi connectivity index (χ4v) is 4.67. The van der Waals surface area contributed by atoms with E-state index in [4.69, 9.17) is 0 Å². The van der Waals surface area contributed by atoms with E-state index >= 15 is 0 Å². The van der Waals surface area contributed by atoms with Crippen molar-refractivity contribution in [3.63, 3.8) is 0 Å². The summed E-state index contributed by atoms with van der Waals surface area (Å²) in [6.45, 7) is 3.13. The lowest BCUT2D eigenvalue weighted by molar-refractivity contribution is -0.134. The van der Waals surface area contributed by atoms with E-state index in [0.29, 0.717) is 24.0 Å². The Kier molecular flexibility index (Phi) is 5.98. The molecule has 1 aliphatic carbocycles. The zero-order chi connectivity index (χ0) is 21.1. The average molecular weight is 405 g/mol. The Hall–Kier alpha value is -2.95. The summed E-state index contributed by atoms with van der Waals surface area (Å²) in [5, 5.41) is 0. The second-order valence-electron chi connectivity index (χ2n) is 8.16. The summed E-state index contributed by atoms with van der Waals surface area (Å²) in [7, 11) is 0. The van der Waals surface area contributed by atoms with Crippen molar-refractivity contribution in [1.82, 2.24) is 9.80 Å². The van der Waals surface area contributed by atoms with Gasteiger partial charge >= 0.3 is 0 Å². The van der Waals surface area contributed by atoms with Crippen LogP contribution in [0.4, 0.5) is 0 Å². The van der Waals surface area contributed by atoms with Crippen LogP contribution >= 0.6 is 0 Å². The van der Waals surface area contributed by atoms with Gasteiger partial charge < -0.3 is 4.90 Å². The molecular weight excluding hydrogens is 376 g/mol. The van der Waals surface area contributed by atoms with Gasteiger partial charge in [-0.05, 0) is 55.4 Å². The first kappa shape index (κ1) is 20.3. The van der Waals surface area contributed by atoms with Crippen LogP contribution in [-0.4, -0.2) is 46.7 Å². The van der Waals surface area contributed by atoms with Crippen molar-refractivity contribution >= 4 is 17.7 Å². The van der Waals surface area contributed by atoms with Crippen molar-refractivity contribution in [2.45, 2.75) is 51.5 Å². The van der Waals surface area contributed by atoms with Gasteiger partial charge in [0.25, 0.3) is 11.8 Å². The fraction of sp³-hybridized carbons (Fsp3) is 0.400. The molecule has 156 valence electrons. The number of carbonyl (C=O) groups excluding carboxylic acids is 3. The van der Waals surface area contributed by atoms with Crippen molar-refractivity contribution < 1.29 is 14.4 Å². The third kappa shape index (κ3) is 3.89. The van der Waals surface area contributed by atoms with Gasteiger partial charge in [-0.25, -0.2) is 0 Å². The molecule has 1 unspecified atom stereocenters. The fourth-order valence-electron chi connectivity index (χ4n) is 4.67. The molecular formula is C25H28N2O3. The van der Waals surface area contributed by atoms with Crippen molar-refractivity contribution in [1.29, 1.82) is 0 Å². The van der Waals surface area contributed by atoms with Crippen LogP contribution in [0.3, 0.4) is 0 Å². The van der Waals surface area contributed by atoms with Gasteiger partial charge in [0.1, 0.15) is 0 Å². The lowest BCUT2D eigenvalue weighted by Crippen LogP contribution is -2.44. The van der Waals surface area contributed by atoms with Crippen molar-refractivity contribution in [3.05, 3.63) is 70.8 Å². The number of nitrogens with zero attached hydrogens (tertiary/aromatic N) is 2. The summed E-state index contributed by atoms with van der Waals surface area (Å²) >= 11 is 0. The minimum absolute atomic E-state index is 0.123. The highest BCUT2D eigenvalue weighted by Gasteiger charge is 2.35. The van der Waals surface area contributed by atoms with E-state index in [1.54, 1.807) is 24.3 Å². The van der Waals surface area contributed by atoms with E-state index < -0.39 is 0 Å². The molecule has 0 aromatic heterocycles. The molecule has 5 nitrogen and oxygen atoms in total. The Morgan fingerprint density at radius 3 is 2.30 bits per heavy atom. The molecule has 0 bridgehead atoms. The number of aryl methyl sites for hydroxylation is 1. The van der Waals surface area contributed by atoms with Crippen LogP contribution in [0, 0.1) is 0 Å². The second kappa shape index (κ2) is 8.82. The normalized spacial score (nSPS) is 17.6. The standard InChI is InChI=1S/C25H28N2O3/c1-2-15-26(20-14-13-18-8-3-4-9-19(18)17-20)23(28)12-7-16-27-24(29)21-10-5-6-11-22(21)25(27)30/h3-6,8-11,20H,2,7,12-17H2,1H3. The molecule has 5 heteroatoms. The Labute approximate surface area is 177 Å². The topological polar surface area (TPSA) is 57.7 Å². The number of fused-ring (bicyclic) bond motifs is 2. The van der Waals surface area contributed by atoms with Crippen molar-refractivity contribution in [2.75, 3.05) is 13.1 Å². The number of amides is 3. The highest BCUT2D eigenvalue weighted by atomic mass is 16.2. The lowest BCUT2D eigenvalue weighted by atomic mass is 9.87. The molecule has 4 rings (SSSR count). The SMILES string of the molecule is CCCN(C(=O)CCCN1C(=O)c2ccccc2C1=O)C1CCc2ccccc2C1. The van der Waals surface area contributed by atoms with Crippen LogP contribution in [0.2, 0.25) is 0 Å². The molecule has 2 aliphatic rings. The smallest absolute Gasteiger partial charge is 0.261 e. The Balaban J connectivity index is 1.36. The van der Waals surface area contributed by atoms with E-state index in [9.17, 15) is 14.4 Å². The molecule has 1 aliphatic heterocycles. The second-order valence-corrected chi connectivity index (χ2v) is 8.16. The van der Waals surface area contributed by atoms with Crippen LogP contribution < -0.4 is 0 Å². The summed E-state index contributed by atoms with van der Waals surface area (Å²) < 4.78 is 0. The predicted molar refractivity (Wildman–Crippen MR) is 115 cm³/mol. The van der Waals surface area contributed by atoms with Crippen molar-refractivity contribution in [2.24, 2.45) is 0 Å². The zero-order valence-corrected chi connectivity index (χ0v) is 17.5. The summed E-state index contributed by atoms with van der Waals surface area (Å²) in [6, 6.07) is 15.6. The van der Waals surface area contributed by atoms with E-state index in [1.807, 2.05) is 4.90 Å². The molecule has 3 amide bonds. The molecule has 1 atom stereocenters. The molecule has 0 fully saturated rings. The van der Waals surface area contributed by atoms with E-state index in [2.05, 4.69) is 31.2 Å². The highest BCUT2D eigenvalue weighted by molar-refractivity contribution is 6.21. The Morgan fingerprint density at radius 2 is 1.63 bits per heavy atom. The Morgan fingerprint density at radius 1 is 1.00 bits per heavy atom. The molecule has 0 spiro atoms. The number of rotatable bonds is 7. The van der Waals surface area contributed by atoms with Crippen LogP contribution in [0.1, 0.15) is 64.4 Å². The average Bonchev–Trinajstić information content (AvgIpc) is 3.02. The molecule has 0 saturated heterocycles. The zero-order valence-electron chi connectivity index (χ0n) is 17.5. The summed E-state index contributed by atoms with van der Waals surface area (Å²) in [5.74, 6) is -0.382. The molecule has 2 aromatic carbocycles. The molecule has 0 radical (unpaired) electrons. The monoisotopic (exact) mass is 404 g/mol. The van der Waals surface area contributed by atoms with Gasteiger partial charge in [0.2, 0.25) is 5.91 Å². The number of hydrogen-bond acceptors (Lipinski definition) is 3. The van der Waals surface area contributed by atoms with Gasteiger partial charge in [0, 0.05) is 25.6 Å². The van der Waals surface area contributed by atoms with Gasteiger partial charge in [0.15, 0.2) is 0 Å². The maximum atomic E-state index is 13.0. The van der Waals surface area contributed by atoms with E-state index in [-0.39, 0.29) is 30.3 Å². The summed E-state index contributed by atoms with van der Waals surface area (Å²) in [4.78, 5) is 41.3. The van der Waals surface area contributed by atoms with Gasteiger partial charge in [-0.2, -0.15) is 0 Å². The maximum absolute atomic E-state index is 13.0. The molecule has 1 heterocycles. The quantitative estimate of drug-likeness (QED) is 0.659. The van der Waals surface area contributed by atoms with Gasteiger partial charge in [0.05, 0.1) is 11.1 Å².